The van der Waals surface area contributed by atoms with Crippen molar-refractivity contribution in [2.24, 2.45) is 5.92 Å². The molecule has 1 rings (SSSR count). The van der Waals surface area contributed by atoms with Gasteiger partial charge in [0.25, 0.3) is 0 Å². The highest BCUT2D eigenvalue weighted by Gasteiger charge is 2.29. The van der Waals surface area contributed by atoms with E-state index in [0.29, 0.717) is 0 Å². The van der Waals surface area contributed by atoms with Gasteiger partial charge in [0.15, 0.2) is 0 Å². The summed E-state index contributed by atoms with van der Waals surface area (Å²) >= 11 is 0. The molecule has 0 spiro atoms. The Balaban J connectivity index is 2.59. The molecule has 5 nitrogen and oxygen atoms in total. The highest BCUT2D eigenvalue weighted by molar-refractivity contribution is 5.76. The van der Waals surface area contributed by atoms with Crippen LogP contribution in [0.3, 0.4) is 0 Å². The molecule has 1 aliphatic rings. The van der Waals surface area contributed by atoms with Crippen molar-refractivity contribution in [3.05, 3.63) is 11.6 Å². The van der Waals surface area contributed by atoms with E-state index in [2.05, 4.69) is 5.32 Å². The third-order valence-corrected chi connectivity index (χ3v) is 3.10. The summed E-state index contributed by atoms with van der Waals surface area (Å²) in [5.41, 5.74) is 0.527. The zero-order valence-electron chi connectivity index (χ0n) is 13.0. The van der Waals surface area contributed by atoms with E-state index in [1.165, 1.54) is 7.11 Å². The first-order valence-electron chi connectivity index (χ1n) is 7.01. The minimum absolute atomic E-state index is 0.164. The van der Waals surface area contributed by atoms with Crippen molar-refractivity contribution < 1.29 is 19.1 Å². The lowest BCUT2D eigenvalue weighted by molar-refractivity contribution is -0.143. The normalized spacial score (nSPS) is 22.4. The molecule has 0 aliphatic heterocycles. The van der Waals surface area contributed by atoms with Crippen LogP contribution >= 0.6 is 0 Å². The van der Waals surface area contributed by atoms with Crippen LogP contribution in [0.25, 0.3) is 0 Å². The van der Waals surface area contributed by atoms with Crippen molar-refractivity contribution in [2.75, 3.05) is 7.11 Å². The molecule has 20 heavy (non-hydrogen) atoms. The predicted octanol–water partition coefficient (Wildman–Crippen LogP) is 2.80. The van der Waals surface area contributed by atoms with Gasteiger partial charge in [-0.25, -0.2) is 4.79 Å². The number of methoxy groups -OCH3 is 1. The smallest absolute Gasteiger partial charge is 0.408 e. The molecule has 0 heterocycles. The fourth-order valence-corrected chi connectivity index (χ4v) is 2.34. The summed E-state index contributed by atoms with van der Waals surface area (Å²) in [6, 6.07) is -0.176. The van der Waals surface area contributed by atoms with E-state index >= 15 is 0 Å². The quantitative estimate of drug-likeness (QED) is 0.639. The van der Waals surface area contributed by atoms with Crippen LogP contribution in [0.1, 0.15) is 47.0 Å². The first-order valence-corrected chi connectivity index (χ1v) is 7.01. The van der Waals surface area contributed by atoms with E-state index in [0.717, 1.165) is 24.8 Å². The zero-order valence-corrected chi connectivity index (χ0v) is 13.0. The second-order valence-corrected chi connectivity index (χ2v) is 6.14. The lowest BCUT2D eigenvalue weighted by Crippen LogP contribution is -2.37. The second-order valence-electron chi connectivity index (χ2n) is 6.14. The van der Waals surface area contributed by atoms with E-state index in [-0.39, 0.29) is 17.9 Å². The number of hydrogen-bond donors (Lipinski definition) is 1. The Labute approximate surface area is 120 Å². The number of carbonyl (C=O) groups is 2. The van der Waals surface area contributed by atoms with Crippen molar-refractivity contribution in [2.45, 2.75) is 58.6 Å². The molecule has 1 saturated carbocycles. The van der Waals surface area contributed by atoms with Gasteiger partial charge in [-0.15, -0.1) is 0 Å². The third kappa shape index (κ3) is 5.23. The Kier molecular flexibility index (Phi) is 5.60. The topological polar surface area (TPSA) is 64.6 Å². The molecule has 2 atom stereocenters. The van der Waals surface area contributed by atoms with Crippen molar-refractivity contribution in [3.8, 4) is 0 Å². The van der Waals surface area contributed by atoms with Gasteiger partial charge in [0.05, 0.1) is 13.0 Å². The Morgan fingerprint density at radius 2 is 2.05 bits per heavy atom. The number of carbonyl (C=O) groups excluding carboxylic acids is 2. The van der Waals surface area contributed by atoms with Crippen LogP contribution in [-0.2, 0) is 14.3 Å². The van der Waals surface area contributed by atoms with Gasteiger partial charge in [0, 0.05) is 6.04 Å². The lowest BCUT2D eigenvalue weighted by Gasteiger charge is -2.21. The number of hydrogen-bond acceptors (Lipinski definition) is 4. The van der Waals surface area contributed by atoms with Gasteiger partial charge in [0.2, 0.25) is 0 Å². The molecule has 5 heteroatoms. The maximum atomic E-state index is 11.7. The number of rotatable bonds is 3. The minimum Gasteiger partial charge on any atom is -0.469 e. The average Bonchev–Trinajstić information content (AvgIpc) is 2.73. The Morgan fingerprint density at radius 1 is 1.40 bits per heavy atom. The number of esters is 1. The molecule has 0 bridgehead atoms. The van der Waals surface area contributed by atoms with Gasteiger partial charge in [-0.1, -0.05) is 11.6 Å². The summed E-state index contributed by atoms with van der Waals surface area (Å²) in [5, 5.41) is 2.75. The molecule has 114 valence electrons. The molecule has 0 saturated heterocycles. The molecule has 1 amide bonds. The highest BCUT2D eigenvalue weighted by atomic mass is 16.6. The maximum absolute atomic E-state index is 11.7. The number of amides is 1. The van der Waals surface area contributed by atoms with Crippen molar-refractivity contribution in [3.63, 3.8) is 0 Å². The van der Waals surface area contributed by atoms with Gasteiger partial charge < -0.3 is 14.8 Å². The van der Waals surface area contributed by atoms with E-state index in [4.69, 9.17) is 9.47 Å². The van der Waals surface area contributed by atoms with Gasteiger partial charge >= 0.3 is 12.1 Å². The Morgan fingerprint density at radius 3 is 2.60 bits per heavy atom. The number of alkyl carbamates (subject to hydrolysis) is 1. The largest absolute Gasteiger partial charge is 0.469 e. The molecule has 0 radical (unpaired) electrons. The summed E-state index contributed by atoms with van der Waals surface area (Å²) in [5.74, 6) is -0.360. The summed E-state index contributed by atoms with van der Waals surface area (Å²) in [6.45, 7) is 7.32. The van der Waals surface area contributed by atoms with Crippen LogP contribution < -0.4 is 5.32 Å². The number of nitrogens with one attached hydrogen (secondary N) is 1. The van der Waals surface area contributed by atoms with Crippen LogP contribution in [0.4, 0.5) is 4.79 Å². The molecule has 0 aromatic carbocycles. The molecule has 0 aromatic rings. The maximum Gasteiger partial charge on any atom is 0.408 e. The Bertz CT molecular complexity index is 395. The van der Waals surface area contributed by atoms with E-state index in [9.17, 15) is 9.59 Å². The summed E-state index contributed by atoms with van der Waals surface area (Å²) in [4.78, 5) is 23.3. The molecule has 1 N–H and O–H groups in total. The number of ether oxygens (including phenoxy) is 2. The summed E-state index contributed by atoms with van der Waals surface area (Å²) in [6.07, 6.45) is 4.15. The molecule has 0 unspecified atom stereocenters. The van der Waals surface area contributed by atoms with Crippen LogP contribution in [0.5, 0.6) is 0 Å². The fourth-order valence-electron chi connectivity index (χ4n) is 2.34. The SMILES string of the molecule is COC(=O)[C@@H]1CCC/C1=C/[C@H](C)NC(=O)OC(C)(C)C. The molecule has 1 fully saturated rings. The van der Waals surface area contributed by atoms with E-state index < -0.39 is 11.7 Å². The second kappa shape index (κ2) is 6.77. The summed E-state index contributed by atoms with van der Waals surface area (Å²) < 4.78 is 10.00. The minimum atomic E-state index is -0.515. The van der Waals surface area contributed by atoms with Crippen molar-refractivity contribution >= 4 is 12.1 Å². The third-order valence-electron chi connectivity index (χ3n) is 3.10. The zero-order chi connectivity index (χ0) is 15.3. The molecular formula is C15H25NO4. The van der Waals surface area contributed by atoms with E-state index in [1.807, 2.05) is 33.8 Å². The van der Waals surface area contributed by atoms with Gasteiger partial charge in [-0.2, -0.15) is 0 Å². The summed E-state index contributed by atoms with van der Waals surface area (Å²) in [7, 11) is 1.40. The first kappa shape index (κ1) is 16.5. The fraction of sp³-hybridized carbons (Fsp3) is 0.733. The van der Waals surface area contributed by atoms with Gasteiger partial charge in [-0.3, -0.25) is 4.79 Å². The van der Waals surface area contributed by atoms with Crippen LogP contribution in [-0.4, -0.2) is 30.8 Å². The molecule has 1 aliphatic carbocycles. The van der Waals surface area contributed by atoms with Crippen molar-refractivity contribution in [1.82, 2.24) is 5.32 Å². The average molecular weight is 283 g/mol. The van der Waals surface area contributed by atoms with Crippen molar-refractivity contribution in [1.29, 1.82) is 0 Å². The van der Waals surface area contributed by atoms with Crippen LogP contribution in [0, 0.1) is 5.92 Å². The van der Waals surface area contributed by atoms with Gasteiger partial charge in [-0.05, 0) is 47.0 Å². The highest BCUT2D eigenvalue weighted by Crippen LogP contribution is 2.32. The van der Waals surface area contributed by atoms with Crippen LogP contribution in [0.15, 0.2) is 11.6 Å². The standard InChI is InChI=1S/C15H25NO4/c1-10(16-14(18)20-15(2,3)4)9-11-7-6-8-12(11)13(17)19-5/h9-10,12H,6-8H2,1-5H3,(H,16,18)/b11-9-/t10-,12+/m0/s1. The first-order chi connectivity index (χ1) is 9.23. The monoisotopic (exact) mass is 283 g/mol. The lowest BCUT2D eigenvalue weighted by atomic mass is 10.0. The molecular weight excluding hydrogens is 258 g/mol. The molecule has 0 aromatic heterocycles. The predicted molar refractivity (Wildman–Crippen MR) is 76.3 cm³/mol. The van der Waals surface area contributed by atoms with Crippen LogP contribution in [0.2, 0.25) is 0 Å². The Hall–Kier alpha value is -1.52. The van der Waals surface area contributed by atoms with Gasteiger partial charge in [0.1, 0.15) is 5.60 Å². The van der Waals surface area contributed by atoms with E-state index in [1.54, 1.807) is 0 Å².